The van der Waals surface area contributed by atoms with Gasteiger partial charge in [0.2, 0.25) is 0 Å². The average Bonchev–Trinajstić information content (AvgIpc) is 3.50. The van der Waals surface area contributed by atoms with E-state index in [2.05, 4.69) is 89.0 Å². The third-order valence-electron chi connectivity index (χ3n) is 6.83. The lowest BCUT2D eigenvalue weighted by atomic mass is 9.90. The molecular formula is C28H33N3OS. The maximum absolute atomic E-state index is 5.96. The molecule has 3 heterocycles. The van der Waals surface area contributed by atoms with Gasteiger partial charge in [-0.05, 0) is 87.4 Å². The fourth-order valence-electron chi connectivity index (χ4n) is 5.04. The molecule has 1 aliphatic rings. The highest BCUT2D eigenvalue weighted by atomic mass is 32.1. The van der Waals surface area contributed by atoms with Crippen LogP contribution in [0.15, 0.2) is 64.5 Å². The standard InChI is InChI=1S/C28H33N3OS/c1-30(2)20-25-23(27-9-6-18-33-27)11-12-24-26(29-32-28(24)25)13-10-21-14-16-31(17-15-21)19-22-7-4-3-5-8-22/h3-9,11-12,18,21H,10,13-17,19-20H2,1-2H3. The van der Waals surface area contributed by atoms with Crippen LogP contribution in [0.5, 0.6) is 0 Å². The van der Waals surface area contributed by atoms with Gasteiger partial charge in [0.1, 0.15) is 0 Å². The molecule has 0 bridgehead atoms. The first kappa shape index (κ1) is 22.3. The lowest BCUT2D eigenvalue weighted by Crippen LogP contribution is -2.33. The zero-order chi connectivity index (χ0) is 22.6. The Bertz CT molecular complexity index is 1160. The molecule has 0 unspecified atom stereocenters. The number of likely N-dealkylation sites (tertiary alicyclic amines) is 1. The van der Waals surface area contributed by atoms with Gasteiger partial charge in [0.05, 0.1) is 5.69 Å². The number of aryl methyl sites for hydroxylation is 1. The molecule has 1 saturated heterocycles. The van der Waals surface area contributed by atoms with Crippen LogP contribution in [0.3, 0.4) is 0 Å². The van der Waals surface area contributed by atoms with E-state index in [1.165, 1.54) is 59.3 Å². The van der Waals surface area contributed by atoms with Crippen molar-refractivity contribution >= 4 is 22.3 Å². The predicted molar refractivity (Wildman–Crippen MR) is 137 cm³/mol. The van der Waals surface area contributed by atoms with Crippen LogP contribution in [0, 0.1) is 5.92 Å². The second-order valence-corrected chi connectivity index (χ2v) is 10.5. The molecule has 5 heteroatoms. The minimum absolute atomic E-state index is 0.774. The van der Waals surface area contributed by atoms with Gasteiger partial charge in [-0.2, -0.15) is 0 Å². The summed E-state index contributed by atoms with van der Waals surface area (Å²) in [4.78, 5) is 6.09. The van der Waals surface area contributed by atoms with Gasteiger partial charge in [0, 0.05) is 28.9 Å². The number of thiophene rings is 1. The summed E-state index contributed by atoms with van der Waals surface area (Å²) in [6.45, 7) is 4.30. The van der Waals surface area contributed by atoms with E-state index in [4.69, 9.17) is 4.52 Å². The molecule has 2 aromatic carbocycles. The molecule has 4 nitrogen and oxygen atoms in total. The van der Waals surface area contributed by atoms with Crippen molar-refractivity contribution in [3.63, 3.8) is 0 Å². The van der Waals surface area contributed by atoms with Crippen molar-refractivity contribution in [2.24, 2.45) is 5.92 Å². The van der Waals surface area contributed by atoms with E-state index < -0.39 is 0 Å². The zero-order valence-corrected chi connectivity index (χ0v) is 20.5. The molecule has 0 amide bonds. The fourth-order valence-corrected chi connectivity index (χ4v) is 5.82. The van der Waals surface area contributed by atoms with Gasteiger partial charge >= 0.3 is 0 Å². The van der Waals surface area contributed by atoms with E-state index >= 15 is 0 Å². The van der Waals surface area contributed by atoms with Crippen molar-refractivity contribution in [1.82, 2.24) is 15.0 Å². The van der Waals surface area contributed by atoms with Crippen LogP contribution < -0.4 is 0 Å². The van der Waals surface area contributed by atoms with Crippen molar-refractivity contribution in [2.45, 2.75) is 38.8 Å². The molecule has 1 fully saturated rings. The lowest BCUT2D eigenvalue weighted by molar-refractivity contribution is 0.172. The zero-order valence-electron chi connectivity index (χ0n) is 19.7. The van der Waals surface area contributed by atoms with Gasteiger partial charge in [-0.1, -0.05) is 47.6 Å². The van der Waals surface area contributed by atoms with Crippen LogP contribution in [0.4, 0.5) is 0 Å². The van der Waals surface area contributed by atoms with Gasteiger partial charge < -0.3 is 9.42 Å². The van der Waals surface area contributed by atoms with Gasteiger partial charge in [-0.3, -0.25) is 4.90 Å². The number of fused-ring (bicyclic) bond motifs is 1. The number of rotatable bonds is 8. The molecule has 0 radical (unpaired) electrons. The maximum Gasteiger partial charge on any atom is 0.172 e. The Morgan fingerprint density at radius 2 is 1.85 bits per heavy atom. The second kappa shape index (κ2) is 10.2. The number of aromatic nitrogens is 1. The Labute approximate surface area is 200 Å². The summed E-state index contributed by atoms with van der Waals surface area (Å²) in [6.07, 6.45) is 4.74. The van der Waals surface area contributed by atoms with Crippen molar-refractivity contribution in [3.8, 4) is 10.4 Å². The molecule has 5 rings (SSSR count). The SMILES string of the molecule is CN(C)Cc1c(-c2cccs2)ccc2c(CCC3CCN(Cc4ccccc4)CC3)noc12. The third-order valence-corrected chi connectivity index (χ3v) is 7.73. The summed E-state index contributed by atoms with van der Waals surface area (Å²) < 4.78 is 5.96. The first-order valence-corrected chi connectivity index (χ1v) is 12.9. The molecular weight excluding hydrogens is 426 g/mol. The van der Waals surface area contributed by atoms with Crippen LogP contribution in [-0.4, -0.2) is 42.1 Å². The summed E-state index contributed by atoms with van der Waals surface area (Å²) in [6, 6.07) is 19.6. The number of piperidine rings is 1. The number of nitrogens with zero attached hydrogens (tertiary/aromatic N) is 3. The molecule has 0 spiro atoms. The highest BCUT2D eigenvalue weighted by Crippen LogP contribution is 2.35. The summed E-state index contributed by atoms with van der Waals surface area (Å²) in [7, 11) is 4.22. The summed E-state index contributed by atoms with van der Waals surface area (Å²) in [5, 5.41) is 7.86. The Morgan fingerprint density at radius 1 is 1.03 bits per heavy atom. The van der Waals surface area contributed by atoms with Gasteiger partial charge in [0.15, 0.2) is 5.58 Å². The first-order valence-electron chi connectivity index (χ1n) is 12.0. The van der Waals surface area contributed by atoms with Crippen molar-refractivity contribution in [2.75, 3.05) is 27.2 Å². The molecule has 2 aromatic heterocycles. The number of hydrogen-bond donors (Lipinski definition) is 0. The normalized spacial score (nSPS) is 15.6. The van der Waals surface area contributed by atoms with Crippen molar-refractivity contribution < 1.29 is 4.52 Å². The van der Waals surface area contributed by atoms with Crippen LogP contribution in [-0.2, 0) is 19.5 Å². The quantitative estimate of drug-likeness (QED) is 0.303. The van der Waals surface area contributed by atoms with Crippen LogP contribution in [0.2, 0.25) is 0 Å². The Morgan fingerprint density at radius 3 is 2.58 bits per heavy atom. The maximum atomic E-state index is 5.96. The van der Waals surface area contributed by atoms with E-state index in [0.29, 0.717) is 0 Å². The minimum atomic E-state index is 0.774. The van der Waals surface area contributed by atoms with E-state index in [0.717, 1.165) is 36.7 Å². The average molecular weight is 460 g/mol. The molecule has 0 N–H and O–H groups in total. The van der Waals surface area contributed by atoms with Crippen LogP contribution >= 0.6 is 11.3 Å². The summed E-state index contributed by atoms with van der Waals surface area (Å²) >= 11 is 1.78. The van der Waals surface area contributed by atoms with Crippen molar-refractivity contribution in [1.29, 1.82) is 0 Å². The monoisotopic (exact) mass is 459 g/mol. The van der Waals surface area contributed by atoms with E-state index in [1.807, 2.05) is 0 Å². The lowest BCUT2D eigenvalue weighted by Gasteiger charge is -2.32. The molecule has 4 aromatic rings. The van der Waals surface area contributed by atoms with Crippen LogP contribution in [0.1, 0.15) is 36.1 Å². The van der Waals surface area contributed by atoms with Crippen molar-refractivity contribution in [3.05, 3.63) is 76.8 Å². The molecule has 33 heavy (non-hydrogen) atoms. The van der Waals surface area contributed by atoms with Gasteiger partial charge in [-0.15, -0.1) is 11.3 Å². The molecule has 0 saturated carbocycles. The van der Waals surface area contributed by atoms with E-state index in [1.54, 1.807) is 11.3 Å². The predicted octanol–water partition coefficient (Wildman–Crippen LogP) is 6.46. The van der Waals surface area contributed by atoms with E-state index in [9.17, 15) is 0 Å². The number of benzene rings is 2. The second-order valence-electron chi connectivity index (χ2n) is 9.56. The first-order chi connectivity index (χ1) is 16.2. The largest absolute Gasteiger partial charge is 0.356 e. The van der Waals surface area contributed by atoms with Crippen LogP contribution in [0.25, 0.3) is 21.4 Å². The summed E-state index contributed by atoms with van der Waals surface area (Å²) in [5.41, 5.74) is 6.00. The number of hydrogen-bond acceptors (Lipinski definition) is 5. The molecule has 0 atom stereocenters. The highest BCUT2D eigenvalue weighted by molar-refractivity contribution is 7.13. The molecule has 1 aliphatic heterocycles. The topological polar surface area (TPSA) is 32.5 Å². The third kappa shape index (κ3) is 5.21. The molecule has 0 aliphatic carbocycles. The Hall–Kier alpha value is -2.47. The summed E-state index contributed by atoms with van der Waals surface area (Å²) in [5.74, 6) is 0.774. The highest BCUT2D eigenvalue weighted by Gasteiger charge is 2.22. The van der Waals surface area contributed by atoms with Gasteiger partial charge in [-0.25, -0.2) is 0 Å². The molecule has 172 valence electrons. The van der Waals surface area contributed by atoms with E-state index in [-0.39, 0.29) is 0 Å². The Kier molecular flexibility index (Phi) is 6.91. The Balaban J connectivity index is 1.25. The smallest absolute Gasteiger partial charge is 0.172 e. The van der Waals surface area contributed by atoms with Gasteiger partial charge in [0.25, 0.3) is 0 Å². The fraction of sp³-hybridized carbons (Fsp3) is 0.393. The minimum Gasteiger partial charge on any atom is -0.356 e.